The van der Waals surface area contributed by atoms with E-state index in [1.165, 1.54) is 38.2 Å². The molecule has 2 saturated heterocycles. The first kappa shape index (κ1) is 19.4. The predicted molar refractivity (Wildman–Crippen MR) is 107 cm³/mol. The lowest BCUT2D eigenvalue weighted by atomic mass is 9.78. The van der Waals surface area contributed by atoms with E-state index in [9.17, 15) is 14.4 Å². The van der Waals surface area contributed by atoms with Crippen LogP contribution in [0.1, 0.15) is 63.5 Å². The van der Waals surface area contributed by atoms with Gasteiger partial charge in [0.2, 0.25) is 5.91 Å². The number of aromatic amines is 2. The maximum Gasteiger partial charge on any atom is 0.325 e. The number of H-pyrrole nitrogens is 2. The number of likely N-dealkylation sites (tertiary alicyclic amines) is 2. The summed E-state index contributed by atoms with van der Waals surface area (Å²) < 4.78 is 0. The van der Waals surface area contributed by atoms with Crippen molar-refractivity contribution in [3.8, 4) is 0 Å². The van der Waals surface area contributed by atoms with Crippen molar-refractivity contribution in [2.45, 2.75) is 64.3 Å². The highest BCUT2D eigenvalue weighted by atomic mass is 16.2. The van der Waals surface area contributed by atoms with E-state index in [0.29, 0.717) is 18.1 Å². The molecule has 1 atom stereocenters. The molecule has 3 aliphatic rings. The lowest BCUT2D eigenvalue weighted by molar-refractivity contribution is -0.145. The van der Waals surface area contributed by atoms with Crippen molar-refractivity contribution < 1.29 is 4.79 Å². The Bertz CT molecular complexity index is 782. The molecule has 3 fully saturated rings. The van der Waals surface area contributed by atoms with E-state index in [1.807, 2.05) is 0 Å². The highest BCUT2D eigenvalue weighted by Crippen LogP contribution is 2.40. The van der Waals surface area contributed by atoms with Gasteiger partial charge in [0.25, 0.3) is 5.56 Å². The number of hydrogen-bond donors (Lipinski definition) is 2. The van der Waals surface area contributed by atoms with Gasteiger partial charge in [-0.2, -0.15) is 0 Å². The number of amides is 1. The van der Waals surface area contributed by atoms with Crippen molar-refractivity contribution in [2.75, 3.05) is 26.2 Å². The molecule has 28 heavy (non-hydrogen) atoms. The summed E-state index contributed by atoms with van der Waals surface area (Å²) in [6.45, 7) is 3.87. The minimum atomic E-state index is -0.473. The standard InChI is InChI=1S/C21H32N4O3/c26-18-13-17(22-20(28)23-18)14-24-12-9-21(15-24)8-4-10-25(19(21)27)11-7-16-5-2-1-3-6-16/h13,16H,1-12,14-15H2,(H2,22,23,26,28)/t21-/m0/s1. The van der Waals surface area contributed by atoms with Gasteiger partial charge in [0.05, 0.1) is 5.41 Å². The van der Waals surface area contributed by atoms with Crippen LogP contribution in [0.5, 0.6) is 0 Å². The van der Waals surface area contributed by atoms with Gasteiger partial charge in [0.1, 0.15) is 0 Å². The largest absolute Gasteiger partial charge is 0.342 e. The SMILES string of the molecule is O=C1N(CCC2CCCCC2)CCC[C@@]12CCN(Cc1cc(=O)[nH]c(=O)[nH]1)C2. The van der Waals surface area contributed by atoms with E-state index in [1.54, 1.807) is 0 Å². The Morgan fingerprint density at radius 1 is 1.00 bits per heavy atom. The van der Waals surface area contributed by atoms with E-state index in [-0.39, 0.29) is 11.0 Å². The second-order valence-corrected chi connectivity index (χ2v) is 9.04. The average molecular weight is 389 g/mol. The summed E-state index contributed by atoms with van der Waals surface area (Å²) in [4.78, 5) is 45.5. The molecule has 4 rings (SSSR count). The highest BCUT2D eigenvalue weighted by molar-refractivity contribution is 5.84. The summed E-state index contributed by atoms with van der Waals surface area (Å²) in [5, 5.41) is 0. The predicted octanol–water partition coefficient (Wildman–Crippen LogP) is 1.85. The Balaban J connectivity index is 1.36. The Kier molecular flexibility index (Phi) is 5.71. The van der Waals surface area contributed by atoms with Crippen molar-refractivity contribution in [2.24, 2.45) is 11.3 Å². The number of nitrogens with one attached hydrogen (secondary N) is 2. The van der Waals surface area contributed by atoms with Gasteiger partial charge in [-0.25, -0.2) is 4.79 Å². The van der Waals surface area contributed by atoms with Gasteiger partial charge in [-0.3, -0.25) is 19.5 Å². The number of carbonyl (C=O) groups excluding carboxylic acids is 1. The van der Waals surface area contributed by atoms with Gasteiger partial charge < -0.3 is 9.88 Å². The van der Waals surface area contributed by atoms with Crippen LogP contribution in [0, 0.1) is 11.3 Å². The molecule has 0 unspecified atom stereocenters. The topological polar surface area (TPSA) is 89.3 Å². The maximum absolute atomic E-state index is 13.3. The molecule has 1 spiro atoms. The normalized spacial score (nSPS) is 27.0. The third-order valence-electron chi connectivity index (χ3n) is 7.00. The molecule has 1 aromatic rings. The van der Waals surface area contributed by atoms with Crippen LogP contribution in [0.2, 0.25) is 0 Å². The van der Waals surface area contributed by atoms with Crippen LogP contribution in [0.4, 0.5) is 0 Å². The molecule has 154 valence electrons. The molecule has 0 radical (unpaired) electrons. The molecule has 0 aromatic carbocycles. The van der Waals surface area contributed by atoms with Gasteiger partial charge in [0.15, 0.2) is 0 Å². The molecule has 7 nitrogen and oxygen atoms in total. The third kappa shape index (κ3) is 4.24. The molecule has 1 amide bonds. The van der Waals surface area contributed by atoms with E-state index in [4.69, 9.17) is 0 Å². The van der Waals surface area contributed by atoms with Crippen LogP contribution in [-0.2, 0) is 11.3 Å². The zero-order valence-corrected chi connectivity index (χ0v) is 16.7. The summed E-state index contributed by atoms with van der Waals surface area (Å²) in [6, 6.07) is 1.44. The average Bonchev–Trinajstić information content (AvgIpc) is 3.06. The smallest absolute Gasteiger partial charge is 0.325 e. The van der Waals surface area contributed by atoms with E-state index in [0.717, 1.165) is 57.8 Å². The number of piperidine rings is 1. The van der Waals surface area contributed by atoms with Gasteiger partial charge in [-0.1, -0.05) is 32.1 Å². The number of carbonyl (C=O) groups is 1. The molecular formula is C21H32N4O3. The van der Waals surface area contributed by atoms with E-state index < -0.39 is 5.69 Å². The molecule has 0 bridgehead atoms. The van der Waals surface area contributed by atoms with Crippen LogP contribution in [-0.4, -0.2) is 51.9 Å². The van der Waals surface area contributed by atoms with Gasteiger partial charge >= 0.3 is 5.69 Å². The van der Waals surface area contributed by atoms with Gasteiger partial charge in [0, 0.05) is 37.9 Å². The van der Waals surface area contributed by atoms with Crippen molar-refractivity contribution in [3.05, 3.63) is 32.6 Å². The number of aromatic nitrogens is 2. The molecular weight excluding hydrogens is 356 g/mol. The summed E-state index contributed by atoms with van der Waals surface area (Å²) in [7, 11) is 0. The lowest BCUT2D eigenvalue weighted by Crippen LogP contribution is -2.50. The minimum Gasteiger partial charge on any atom is -0.342 e. The second kappa shape index (κ2) is 8.23. The van der Waals surface area contributed by atoms with Gasteiger partial charge in [-0.05, 0) is 38.1 Å². The summed E-state index contributed by atoms with van der Waals surface area (Å²) in [5.74, 6) is 1.13. The van der Waals surface area contributed by atoms with E-state index in [2.05, 4.69) is 19.8 Å². The molecule has 1 aromatic heterocycles. The monoisotopic (exact) mass is 388 g/mol. The molecule has 7 heteroatoms. The van der Waals surface area contributed by atoms with Crippen molar-refractivity contribution in [1.82, 2.24) is 19.8 Å². The first-order valence-corrected chi connectivity index (χ1v) is 10.9. The Morgan fingerprint density at radius 3 is 2.61 bits per heavy atom. The fourth-order valence-electron chi connectivity index (χ4n) is 5.50. The third-order valence-corrected chi connectivity index (χ3v) is 7.00. The Morgan fingerprint density at radius 2 is 1.82 bits per heavy atom. The fourth-order valence-corrected chi connectivity index (χ4v) is 5.50. The highest BCUT2D eigenvalue weighted by Gasteiger charge is 2.48. The van der Waals surface area contributed by atoms with Crippen LogP contribution < -0.4 is 11.2 Å². The van der Waals surface area contributed by atoms with Crippen molar-refractivity contribution >= 4 is 5.91 Å². The Hall–Kier alpha value is -1.89. The van der Waals surface area contributed by atoms with Crippen LogP contribution >= 0.6 is 0 Å². The molecule has 2 aliphatic heterocycles. The first-order valence-electron chi connectivity index (χ1n) is 10.9. The van der Waals surface area contributed by atoms with Crippen LogP contribution in [0.3, 0.4) is 0 Å². The molecule has 2 N–H and O–H groups in total. The minimum absolute atomic E-state index is 0.272. The quantitative estimate of drug-likeness (QED) is 0.806. The van der Waals surface area contributed by atoms with Crippen LogP contribution in [0.15, 0.2) is 15.7 Å². The van der Waals surface area contributed by atoms with Crippen molar-refractivity contribution in [1.29, 1.82) is 0 Å². The van der Waals surface area contributed by atoms with E-state index >= 15 is 0 Å². The van der Waals surface area contributed by atoms with Crippen LogP contribution in [0.25, 0.3) is 0 Å². The zero-order valence-electron chi connectivity index (χ0n) is 16.7. The summed E-state index contributed by atoms with van der Waals surface area (Å²) in [6.07, 6.45) is 10.8. The fraction of sp³-hybridized carbons (Fsp3) is 0.762. The number of rotatable bonds is 5. The van der Waals surface area contributed by atoms with Gasteiger partial charge in [-0.15, -0.1) is 0 Å². The summed E-state index contributed by atoms with van der Waals surface area (Å²) in [5.41, 5.74) is -0.510. The number of nitrogens with zero attached hydrogens (tertiary/aromatic N) is 2. The molecule has 1 saturated carbocycles. The second-order valence-electron chi connectivity index (χ2n) is 9.04. The maximum atomic E-state index is 13.3. The molecule has 1 aliphatic carbocycles. The van der Waals surface area contributed by atoms with Crippen molar-refractivity contribution in [3.63, 3.8) is 0 Å². The lowest BCUT2D eigenvalue weighted by Gasteiger charge is -2.40. The zero-order chi connectivity index (χ0) is 19.6. The first-order chi connectivity index (χ1) is 13.5. The Labute approximate surface area is 165 Å². The summed E-state index contributed by atoms with van der Waals surface area (Å²) >= 11 is 0. The number of hydrogen-bond acceptors (Lipinski definition) is 4. The molecule has 3 heterocycles.